The minimum Gasteiger partial charge on any atom is -0.207 e. The zero-order valence-electron chi connectivity index (χ0n) is 8.97. The molecule has 1 aliphatic rings. The highest BCUT2D eigenvalue weighted by Gasteiger charge is 2.32. The maximum Gasteiger partial charge on any atom is 0.243 e. The topological polar surface area (TPSA) is 37.4 Å². The summed E-state index contributed by atoms with van der Waals surface area (Å²) in [5.41, 5.74) is 0.939. The van der Waals surface area contributed by atoms with Crippen molar-refractivity contribution in [3.05, 3.63) is 29.8 Å². The second-order valence-corrected chi connectivity index (χ2v) is 5.93. The zero-order chi connectivity index (χ0) is 11.1. The summed E-state index contributed by atoms with van der Waals surface area (Å²) in [7, 11) is -3.25. The first kappa shape index (κ1) is 10.6. The first-order valence-corrected chi connectivity index (χ1v) is 6.57. The first-order chi connectivity index (χ1) is 7.03. The van der Waals surface area contributed by atoms with Crippen molar-refractivity contribution in [3.8, 4) is 0 Å². The molecule has 1 aromatic carbocycles. The third-order valence-corrected chi connectivity index (χ3v) is 4.91. The smallest absolute Gasteiger partial charge is 0.207 e. The molecule has 0 unspecified atom stereocenters. The average Bonchev–Trinajstić information content (AvgIpc) is 2.17. The summed E-state index contributed by atoms with van der Waals surface area (Å²) in [5, 5.41) is 0. The van der Waals surface area contributed by atoms with Crippen molar-refractivity contribution in [1.82, 2.24) is 4.31 Å². The maximum absolute atomic E-state index is 12.2. The van der Waals surface area contributed by atoms with Gasteiger partial charge in [0.15, 0.2) is 0 Å². The standard InChI is InChI=1S/C11H15NO2S/c1-9(2)12-8-7-10-5-3-4-6-11(10)15(12,13)14/h3-6,9H,7-8H2,1-2H3. The maximum atomic E-state index is 12.2. The number of benzene rings is 1. The summed E-state index contributed by atoms with van der Waals surface area (Å²) in [6.07, 6.45) is 0.813. The molecular formula is C11H15NO2S. The highest BCUT2D eigenvalue weighted by molar-refractivity contribution is 7.89. The molecule has 0 spiro atoms. The first-order valence-electron chi connectivity index (χ1n) is 5.13. The fraction of sp³-hybridized carbons (Fsp3) is 0.455. The van der Waals surface area contributed by atoms with Crippen molar-refractivity contribution in [2.75, 3.05) is 6.54 Å². The SMILES string of the molecule is CC(C)N1CCc2ccccc2S1(=O)=O. The van der Waals surface area contributed by atoms with Gasteiger partial charge in [-0.3, -0.25) is 0 Å². The molecule has 0 amide bonds. The number of fused-ring (bicyclic) bond motifs is 1. The molecule has 15 heavy (non-hydrogen) atoms. The predicted octanol–water partition coefficient (Wildman–Crippen LogP) is 1.64. The van der Waals surface area contributed by atoms with Crippen molar-refractivity contribution in [2.24, 2.45) is 0 Å². The predicted molar refractivity (Wildman–Crippen MR) is 59.2 cm³/mol. The van der Waals surface area contributed by atoms with Crippen LogP contribution in [-0.4, -0.2) is 25.3 Å². The van der Waals surface area contributed by atoms with E-state index in [4.69, 9.17) is 0 Å². The van der Waals surface area contributed by atoms with Gasteiger partial charge in [0.1, 0.15) is 0 Å². The van der Waals surface area contributed by atoms with Gasteiger partial charge in [0.05, 0.1) is 4.90 Å². The van der Waals surface area contributed by atoms with Crippen LogP contribution in [-0.2, 0) is 16.4 Å². The monoisotopic (exact) mass is 225 g/mol. The molecule has 0 fully saturated rings. The van der Waals surface area contributed by atoms with Crippen LogP contribution in [0.2, 0.25) is 0 Å². The molecule has 0 aromatic heterocycles. The summed E-state index contributed by atoms with van der Waals surface area (Å²) in [5.74, 6) is 0. The number of nitrogens with zero attached hydrogens (tertiary/aromatic N) is 1. The van der Waals surface area contributed by atoms with Gasteiger partial charge in [-0.25, -0.2) is 8.42 Å². The molecule has 1 aliphatic heterocycles. The van der Waals surface area contributed by atoms with Crippen LogP contribution in [0.25, 0.3) is 0 Å². The van der Waals surface area contributed by atoms with Gasteiger partial charge in [-0.05, 0) is 31.9 Å². The molecule has 0 N–H and O–H groups in total. The van der Waals surface area contributed by atoms with E-state index in [1.165, 1.54) is 0 Å². The summed E-state index contributed by atoms with van der Waals surface area (Å²) in [6, 6.07) is 7.28. The highest BCUT2D eigenvalue weighted by atomic mass is 32.2. The lowest BCUT2D eigenvalue weighted by Gasteiger charge is -2.30. The molecule has 0 saturated heterocycles. The summed E-state index contributed by atoms with van der Waals surface area (Å²) < 4.78 is 25.9. The molecular weight excluding hydrogens is 210 g/mol. The van der Waals surface area contributed by atoms with E-state index < -0.39 is 10.0 Å². The van der Waals surface area contributed by atoms with E-state index >= 15 is 0 Å². The quantitative estimate of drug-likeness (QED) is 0.728. The van der Waals surface area contributed by atoms with Crippen molar-refractivity contribution < 1.29 is 8.42 Å². The largest absolute Gasteiger partial charge is 0.243 e. The number of sulfonamides is 1. The van der Waals surface area contributed by atoms with Crippen LogP contribution >= 0.6 is 0 Å². The van der Waals surface area contributed by atoms with Crippen LogP contribution in [0.15, 0.2) is 29.2 Å². The van der Waals surface area contributed by atoms with Gasteiger partial charge in [-0.15, -0.1) is 0 Å². The van der Waals surface area contributed by atoms with Gasteiger partial charge in [-0.1, -0.05) is 18.2 Å². The Morgan fingerprint density at radius 3 is 2.60 bits per heavy atom. The van der Waals surface area contributed by atoms with E-state index in [0.29, 0.717) is 11.4 Å². The number of rotatable bonds is 1. The minimum absolute atomic E-state index is 0.0309. The van der Waals surface area contributed by atoms with Gasteiger partial charge in [0.25, 0.3) is 0 Å². The van der Waals surface area contributed by atoms with Crippen LogP contribution in [0.3, 0.4) is 0 Å². The van der Waals surface area contributed by atoms with Crippen molar-refractivity contribution in [1.29, 1.82) is 0 Å². The molecule has 4 heteroatoms. The summed E-state index contributed by atoms with van der Waals surface area (Å²) in [4.78, 5) is 0.477. The third-order valence-electron chi connectivity index (χ3n) is 2.74. The minimum atomic E-state index is -3.25. The third kappa shape index (κ3) is 1.68. The number of hydrogen-bond acceptors (Lipinski definition) is 2. The van der Waals surface area contributed by atoms with E-state index in [9.17, 15) is 8.42 Å². The van der Waals surface area contributed by atoms with Crippen LogP contribution in [0.4, 0.5) is 0 Å². The Morgan fingerprint density at radius 1 is 1.27 bits per heavy atom. The second-order valence-electron chi connectivity index (χ2n) is 4.07. The van der Waals surface area contributed by atoms with Crippen LogP contribution in [0, 0.1) is 0 Å². The lowest BCUT2D eigenvalue weighted by Crippen LogP contribution is -2.41. The second kappa shape index (κ2) is 3.61. The Kier molecular flexibility index (Phi) is 2.56. The van der Waals surface area contributed by atoms with Gasteiger partial charge < -0.3 is 0 Å². The van der Waals surface area contributed by atoms with Gasteiger partial charge in [0.2, 0.25) is 10.0 Å². The molecule has 0 aliphatic carbocycles. The van der Waals surface area contributed by atoms with Crippen LogP contribution in [0.5, 0.6) is 0 Å². The molecule has 2 rings (SSSR count). The summed E-state index contributed by atoms with van der Waals surface area (Å²) >= 11 is 0. The van der Waals surface area contributed by atoms with Crippen LogP contribution in [0.1, 0.15) is 19.4 Å². The average molecular weight is 225 g/mol. The molecule has 1 heterocycles. The fourth-order valence-corrected chi connectivity index (χ4v) is 3.87. The van der Waals surface area contributed by atoms with E-state index in [-0.39, 0.29) is 6.04 Å². The van der Waals surface area contributed by atoms with E-state index in [0.717, 1.165) is 12.0 Å². The normalized spacial score (nSPS) is 20.2. The van der Waals surface area contributed by atoms with Crippen molar-refractivity contribution in [2.45, 2.75) is 31.2 Å². The fourth-order valence-electron chi connectivity index (χ4n) is 1.97. The number of hydrogen-bond donors (Lipinski definition) is 0. The molecule has 0 bridgehead atoms. The Hall–Kier alpha value is -0.870. The van der Waals surface area contributed by atoms with Crippen LogP contribution < -0.4 is 0 Å². The molecule has 0 radical (unpaired) electrons. The molecule has 82 valence electrons. The van der Waals surface area contributed by atoms with Crippen molar-refractivity contribution in [3.63, 3.8) is 0 Å². The molecule has 1 aromatic rings. The summed E-state index contributed by atoms with van der Waals surface area (Å²) in [6.45, 7) is 4.41. The Balaban J connectivity index is 2.55. The molecule has 3 nitrogen and oxygen atoms in total. The Morgan fingerprint density at radius 2 is 1.93 bits per heavy atom. The van der Waals surface area contributed by atoms with Gasteiger partial charge in [-0.2, -0.15) is 4.31 Å². The van der Waals surface area contributed by atoms with Gasteiger partial charge in [0, 0.05) is 12.6 Å². The Bertz CT molecular complexity index is 465. The van der Waals surface area contributed by atoms with Crippen molar-refractivity contribution >= 4 is 10.0 Å². The van der Waals surface area contributed by atoms with E-state index in [1.807, 2.05) is 26.0 Å². The zero-order valence-corrected chi connectivity index (χ0v) is 9.79. The van der Waals surface area contributed by atoms with E-state index in [2.05, 4.69) is 0 Å². The lowest BCUT2D eigenvalue weighted by atomic mass is 10.1. The molecule has 0 saturated carbocycles. The van der Waals surface area contributed by atoms with Gasteiger partial charge >= 0.3 is 0 Å². The molecule has 0 atom stereocenters. The highest BCUT2D eigenvalue weighted by Crippen LogP contribution is 2.27. The Labute approximate surface area is 90.8 Å². The van der Waals surface area contributed by atoms with E-state index in [1.54, 1.807) is 16.4 Å². The lowest BCUT2D eigenvalue weighted by molar-refractivity contribution is 0.347.